The van der Waals surface area contributed by atoms with Crippen LogP contribution in [0.3, 0.4) is 0 Å². The predicted octanol–water partition coefficient (Wildman–Crippen LogP) is 2.85. The molecule has 0 fully saturated rings. The van der Waals surface area contributed by atoms with E-state index in [1.54, 1.807) is 12.1 Å². The average molecular weight is 359 g/mol. The molecule has 0 aliphatic rings. The standard InChI is InChI=1S/C18H15O3PS.H3N/c19-23(20,21)18-13-7-12-17(14-18)22(15-8-3-1-4-9-15)16-10-5-2-6-11-16;/h1-14H,(H,19,20,21);1H3. The van der Waals surface area contributed by atoms with Crippen molar-refractivity contribution in [3.05, 3.63) is 84.9 Å². The van der Waals surface area contributed by atoms with Gasteiger partial charge in [-0.3, -0.25) is 4.55 Å². The lowest BCUT2D eigenvalue weighted by Gasteiger charge is -2.19. The van der Waals surface area contributed by atoms with Crippen LogP contribution in [0.2, 0.25) is 0 Å². The largest absolute Gasteiger partial charge is 0.344 e. The van der Waals surface area contributed by atoms with E-state index < -0.39 is 18.0 Å². The summed E-state index contributed by atoms with van der Waals surface area (Å²) in [6.45, 7) is 0. The van der Waals surface area contributed by atoms with Crippen LogP contribution in [-0.2, 0) is 10.1 Å². The molecular weight excluding hydrogens is 341 g/mol. The summed E-state index contributed by atoms with van der Waals surface area (Å²) < 4.78 is 32.2. The highest BCUT2D eigenvalue weighted by atomic mass is 32.2. The monoisotopic (exact) mass is 359 g/mol. The summed E-state index contributed by atoms with van der Waals surface area (Å²) in [7, 11) is -5.10. The molecule has 3 aromatic rings. The molecule has 0 aromatic heterocycles. The smallest absolute Gasteiger partial charge is 0.294 e. The van der Waals surface area contributed by atoms with Crippen molar-refractivity contribution < 1.29 is 13.0 Å². The summed E-state index contributed by atoms with van der Waals surface area (Å²) in [6.07, 6.45) is 0. The van der Waals surface area contributed by atoms with Gasteiger partial charge in [-0.15, -0.1) is 0 Å². The van der Waals surface area contributed by atoms with Gasteiger partial charge in [0.05, 0.1) is 4.90 Å². The number of benzene rings is 3. The quantitative estimate of drug-likeness (QED) is 0.554. The Balaban J connectivity index is 0.00000208. The summed E-state index contributed by atoms with van der Waals surface area (Å²) in [6, 6.07) is 26.5. The van der Waals surface area contributed by atoms with Gasteiger partial charge in [-0.25, -0.2) is 0 Å². The first-order chi connectivity index (χ1) is 11.1. The van der Waals surface area contributed by atoms with Crippen LogP contribution in [0.4, 0.5) is 0 Å². The Labute approximate surface area is 143 Å². The molecule has 0 saturated carbocycles. The second-order valence-corrected chi connectivity index (χ2v) is 8.62. The van der Waals surface area contributed by atoms with Gasteiger partial charge in [-0.1, -0.05) is 72.8 Å². The van der Waals surface area contributed by atoms with Gasteiger partial charge in [-0.05, 0) is 36.0 Å². The molecule has 0 amide bonds. The minimum atomic E-state index is -4.21. The van der Waals surface area contributed by atoms with Crippen LogP contribution >= 0.6 is 7.92 Å². The molecule has 0 bridgehead atoms. The molecule has 0 atom stereocenters. The van der Waals surface area contributed by atoms with Gasteiger partial charge in [0.25, 0.3) is 10.1 Å². The van der Waals surface area contributed by atoms with E-state index in [1.165, 1.54) is 6.07 Å². The molecular formula is C18H18NO3PS. The Morgan fingerprint density at radius 3 is 1.58 bits per heavy atom. The highest BCUT2D eigenvalue weighted by Gasteiger charge is 2.18. The normalized spacial score (nSPS) is 11.1. The summed E-state index contributed by atoms with van der Waals surface area (Å²) >= 11 is 0. The van der Waals surface area contributed by atoms with Crippen LogP contribution in [0.15, 0.2) is 89.8 Å². The van der Waals surface area contributed by atoms with Gasteiger partial charge in [0, 0.05) is 0 Å². The molecule has 4 nitrogen and oxygen atoms in total. The van der Waals surface area contributed by atoms with Gasteiger partial charge in [-0.2, -0.15) is 8.42 Å². The van der Waals surface area contributed by atoms with Crippen molar-refractivity contribution >= 4 is 34.0 Å². The van der Waals surface area contributed by atoms with Crippen molar-refractivity contribution in [2.24, 2.45) is 0 Å². The predicted molar refractivity (Wildman–Crippen MR) is 100.0 cm³/mol. The van der Waals surface area contributed by atoms with E-state index >= 15 is 0 Å². The van der Waals surface area contributed by atoms with Crippen molar-refractivity contribution in [1.82, 2.24) is 6.15 Å². The highest BCUT2D eigenvalue weighted by Crippen LogP contribution is 2.33. The topological polar surface area (TPSA) is 89.4 Å². The van der Waals surface area contributed by atoms with Crippen molar-refractivity contribution in [3.8, 4) is 0 Å². The van der Waals surface area contributed by atoms with Crippen LogP contribution in [0.25, 0.3) is 0 Å². The Hall–Kier alpha value is -2.04. The highest BCUT2D eigenvalue weighted by molar-refractivity contribution is 7.86. The third-order valence-electron chi connectivity index (χ3n) is 3.40. The maximum absolute atomic E-state index is 11.4. The van der Waals surface area contributed by atoms with Crippen molar-refractivity contribution in [2.75, 3.05) is 0 Å². The fraction of sp³-hybridized carbons (Fsp3) is 0. The minimum absolute atomic E-state index is 0. The van der Waals surface area contributed by atoms with Gasteiger partial charge in [0.1, 0.15) is 0 Å². The Bertz CT molecular complexity index is 860. The zero-order chi connectivity index (χ0) is 16.3. The molecule has 3 aromatic carbocycles. The number of hydrogen-bond acceptors (Lipinski definition) is 3. The van der Waals surface area contributed by atoms with E-state index in [1.807, 2.05) is 66.7 Å². The van der Waals surface area contributed by atoms with Crippen molar-refractivity contribution in [2.45, 2.75) is 4.90 Å². The molecule has 6 heteroatoms. The summed E-state index contributed by atoms with van der Waals surface area (Å²) in [4.78, 5) is -0.0747. The number of hydrogen-bond donors (Lipinski definition) is 2. The molecule has 24 heavy (non-hydrogen) atoms. The molecule has 0 saturated heterocycles. The lowest BCUT2D eigenvalue weighted by molar-refractivity contribution is 0.483. The van der Waals surface area contributed by atoms with E-state index in [9.17, 15) is 13.0 Å². The SMILES string of the molecule is N.O=S(=O)(O)c1cccc(P(c2ccccc2)c2ccccc2)c1. The molecule has 124 valence electrons. The molecule has 0 unspecified atom stereocenters. The third-order valence-corrected chi connectivity index (χ3v) is 6.68. The van der Waals surface area contributed by atoms with Crippen molar-refractivity contribution in [1.29, 1.82) is 0 Å². The Morgan fingerprint density at radius 2 is 1.12 bits per heavy atom. The molecule has 0 spiro atoms. The average Bonchev–Trinajstić information content (AvgIpc) is 2.57. The number of rotatable bonds is 4. The first-order valence-corrected chi connectivity index (χ1v) is 9.82. The van der Waals surface area contributed by atoms with Gasteiger partial charge >= 0.3 is 0 Å². The van der Waals surface area contributed by atoms with E-state index in [0.29, 0.717) is 0 Å². The van der Waals surface area contributed by atoms with Crippen LogP contribution in [0, 0.1) is 0 Å². The molecule has 0 aliphatic carbocycles. The molecule has 0 radical (unpaired) electrons. The van der Waals surface area contributed by atoms with E-state index in [-0.39, 0.29) is 11.0 Å². The summed E-state index contributed by atoms with van der Waals surface area (Å²) in [5, 5.41) is 3.13. The first-order valence-electron chi connectivity index (χ1n) is 7.03. The fourth-order valence-electron chi connectivity index (χ4n) is 2.38. The fourth-order valence-corrected chi connectivity index (χ4v) is 5.34. The molecule has 3 rings (SSSR count). The Morgan fingerprint density at radius 1 is 0.667 bits per heavy atom. The van der Waals surface area contributed by atoms with Crippen LogP contribution in [-0.4, -0.2) is 13.0 Å². The van der Waals surface area contributed by atoms with Crippen LogP contribution < -0.4 is 22.1 Å². The second kappa shape index (κ2) is 7.69. The van der Waals surface area contributed by atoms with Crippen LogP contribution in [0.5, 0.6) is 0 Å². The first kappa shape index (κ1) is 18.3. The third kappa shape index (κ3) is 4.08. The Kier molecular flexibility index (Phi) is 5.86. The van der Waals surface area contributed by atoms with Crippen LogP contribution in [0.1, 0.15) is 0 Å². The van der Waals surface area contributed by atoms with E-state index in [2.05, 4.69) is 0 Å². The van der Waals surface area contributed by atoms with Gasteiger partial charge in [0.15, 0.2) is 0 Å². The van der Waals surface area contributed by atoms with E-state index in [4.69, 9.17) is 0 Å². The summed E-state index contributed by atoms with van der Waals surface area (Å²) in [5.41, 5.74) is 0. The molecule has 0 aliphatic heterocycles. The van der Waals surface area contributed by atoms with Crippen molar-refractivity contribution in [3.63, 3.8) is 0 Å². The zero-order valence-corrected chi connectivity index (χ0v) is 14.6. The molecule has 4 N–H and O–H groups in total. The van der Waals surface area contributed by atoms with E-state index in [0.717, 1.165) is 15.9 Å². The second-order valence-electron chi connectivity index (χ2n) is 4.98. The molecule has 0 heterocycles. The van der Waals surface area contributed by atoms with Gasteiger partial charge in [0.2, 0.25) is 0 Å². The zero-order valence-electron chi connectivity index (χ0n) is 12.9. The summed E-state index contributed by atoms with van der Waals surface area (Å²) in [5.74, 6) is 0. The maximum atomic E-state index is 11.4. The lowest BCUT2D eigenvalue weighted by Crippen LogP contribution is -2.21. The minimum Gasteiger partial charge on any atom is -0.344 e. The maximum Gasteiger partial charge on any atom is 0.294 e. The lowest BCUT2D eigenvalue weighted by atomic mass is 10.3. The van der Waals surface area contributed by atoms with Gasteiger partial charge < -0.3 is 6.15 Å².